The molecule has 356 valence electrons. The molecule has 10 rings (SSSR count). The molecule has 8 aliphatic rings. The topological polar surface area (TPSA) is 80.9 Å². The van der Waals surface area contributed by atoms with Crippen LogP contribution in [-0.2, 0) is 6.37 Å². The molecular weight excluding hydrogens is 811 g/mol. The Balaban J connectivity index is 0.000000185. The van der Waals surface area contributed by atoms with E-state index < -0.39 is 29.8 Å². The van der Waals surface area contributed by atoms with Crippen LogP contribution < -0.4 is 0 Å². The van der Waals surface area contributed by atoms with Crippen molar-refractivity contribution >= 4 is 0 Å². The summed E-state index contributed by atoms with van der Waals surface area (Å²) in [4.78, 5) is 0. The quantitative estimate of drug-likeness (QED) is 0.178. The number of aryl methyl sites for hydroxylation is 1. The second kappa shape index (κ2) is 17.9. The van der Waals surface area contributed by atoms with Gasteiger partial charge in [0.15, 0.2) is 0 Å². The molecule has 6 saturated carbocycles. The highest BCUT2D eigenvalue weighted by molar-refractivity contribution is 5.37. The lowest BCUT2D eigenvalue weighted by molar-refractivity contribution is -0.104. The fourth-order valence-corrected chi connectivity index (χ4v) is 16.8. The third-order valence-electron chi connectivity index (χ3n) is 20.1. The van der Waals surface area contributed by atoms with Crippen LogP contribution >= 0.6 is 0 Å². The molecule has 6 fully saturated rings. The molecule has 0 spiro atoms. The van der Waals surface area contributed by atoms with Crippen LogP contribution in [0.4, 0.5) is 8.78 Å². The summed E-state index contributed by atoms with van der Waals surface area (Å²) >= 11 is 0. The van der Waals surface area contributed by atoms with Gasteiger partial charge in [0.1, 0.15) is 17.2 Å². The van der Waals surface area contributed by atoms with E-state index in [-0.39, 0.29) is 64.5 Å². The SMILES string of the molecule is C.C[C@]12CC[C@H]3[C@@H](CC=C4C[C@@H](O)CC[C@@]43C)[C@@H]1CC[C@@H]2[C@](C)(O)C#Cc1ccc(F)cc1.[2H]C([2H])(c1ccc(F)cc1)C([2H])([2H])[C@@](C)(O)[C@H]1CC[C@H]2[C@@H]3CC=C4C[C@@H](O)CC[C@]4(C)[C@H]3CC[C@@]21C. The van der Waals surface area contributed by atoms with E-state index in [4.69, 9.17) is 5.48 Å². The number of fused-ring (bicyclic) bond motifs is 10. The molecule has 0 bridgehead atoms. The van der Waals surface area contributed by atoms with Gasteiger partial charge in [-0.15, -0.1) is 0 Å². The molecule has 16 atom stereocenters. The van der Waals surface area contributed by atoms with Crippen LogP contribution in [0.25, 0.3) is 0 Å². The summed E-state index contributed by atoms with van der Waals surface area (Å²) in [6, 6.07) is 11.0. The molecule has 4 nitrogen and oxygen atoms in total. The van der Waals surface area contributed by atoms with Crippen LogP contribution in [0.1, 0.15) is 175 Å². The van der Waals surface area contributed by atoms with Crippen molar-refractivity contribution in [2.45, 2.75) is 188 Å². The largest absolute Gasteiger partial charge is 0.393 e. The standard InChI is InChI=1S/C29H41FO2.C29H37FO2.CH4/c2*1-27-15-13-22(31)18-20(27)6-9-23-24-10-11-26(28(24,2)16-14-25(23)27)29(3,32)17-12-19-4-7-21(30)8-5-19;/h4-8,22-26,31-32H,9-18H2,1-3H3;4-8,22-26,31-32H,9-11,13-16,18H2,1-3H3;1H4/t2*22-,23-,24-,25-,26-,27-,28-,29+;/m00./s1/i12D2,17D2;;. The van der Waals surface area contributed by atoms with E-state index in [2.05, 4.69) is 51.7 Å². The number of hydrogen-bond donors (Lipinski definition) is 4. The van der Waals surface area contributed by atoms with Gasteiger partial charge in [0.05, 0.1) is 17.8 Å². The van der Waals surface area contributed by atoms with E-state index >= 15 is 0 Å². The van der Waals surface area contributed by atoms with E-state index in [1.165, 1.54) is 55.2 Å². The molecule has 0 radical (unpaired) electrons. The summed E-state index contributed by atoms with van der Waals surface area (Å²) in [5.41, 5.74) is 0.900. The van der Waals surface area contributed by atoms with Gasteiger partial charge in [0.2, 0.25) is 0 Å². The molecule has 2 aromatic rings. The van der Waals surface area contributed by atoms with Crippen LogP contribution in [0, 0.1) is 92.5 Å². The number of hydrogen-bond acceptors (Lipinski definition) is 4. The lowest BCUT2D eigenvalue weighted by atomic mass is 9.46. The van der Waals surface area contributed by atoms with Gasteiger partial charge in [-0.25, -0.2) is 8.78 Å². The Labute approximate surface area is 396 Å². The number of rotatable bonds is 5. The summed E-state index contributed by atoms with van der Waals surface area (Å²) in [5, 5.41) is 43.9. The van der Waals surface area contributed by atoms with Crippen molar-refractivity contribution in [2.75, 3.05) is 0 Å². The smallest absolute Gasteiger partial charge is 0.126 e. The van der Waals surface area contributed by atoms with Gasteiger partial charge in [-0.2, -0.15) is 0 Å². The average molecular weight is 897 g/mol. The number of allylic oxidation sites excluding steroid dienone is 2. The molecule has 65 heavy (non-hydrogen) atoms. The molecule has 0 heterocycles. The first-order valence-corrected chi connectivity index (χ1v) is 25.0. The second-order valence-electron chi connectivity index (χ2n) is 23.5. The van der Waals surface area contributed by atoms with Crippen LogP contribution in [0.2, 0.25) is 0 Å². The molecule has 2 aromatic carbocycles. The maximum absolute atomic E-state index is 13.5. The Bertz CT molecular complexity index is 2330. The van der Waals surface area contributed by atoms with Crippen molar-refractivity contribution in [1.29, 1.82) is 0 Å². The molecule has 0 aromatic heterocycles. The summed E-state index contributed by atoms with van der Waals surface area (Å²) in [7, 11) is 0. The predicted octanol–water partition coefficient (Wildman–Crippen LogP) is 13.0. The minimum Gasteiger partial charge on any atom is -0.393 e. The van der Waals surface area contributed by atoms with Gasteiger partial charge in [-0.1, -0.05) is 82.4 Å². The highest BCUT2D eigenvalue weighted by Gasteiger charge is 2.63. The first kappa shape index (κ1) is 43.5. The van der Waals surface area contributed by atoms with E-state index in [0.717, 1.165) is 101 Å². The normalized spacial score (nSPS) is 43.4. The van der Waals surface area contributed by atoms with Crippen LogP contribution in [0.15, 0.2) is 71.8 Å². The van der Waals surface area contributed by atoms with E-state index in [9.17, 15) is 29.2 Å². The fourth-order valence-electron chi connectivity index (χ4n) is 16.8. The summed E-state index contributed by atoms with van der Waals surface area (Å²) in [6.45, 7) is 12.8. The number of aliphatic hydroxyl groups excluding tert-OH is 2. The third kappa shape index (κ3) is 8.67. The van der Waals surface area contributed by atoms with Crippen LogP contribution in [-0.4, -0.2) is 43.8 Å². The van der Waals surface area contributed by atoms with Gasteiger partial charge in [-0.3, -0.25) is 0 Å². The van der Waals surface area contributed by atoms with Crippen molar-refractivity contribution in [1.82, 2.24) is 0 Å². The zero-order chi connectivity index (χ0) is 49.0. The predicted molar refractivity (Wildman–Crippen MR) is 258 cm³/mol. The second-order valence-corrected chi connectivity index (χ2v) is 23.5. The first-order chi connectivity index (χ1) is 31.8. The molecular formula is C59H82F2O4. The molecule has 0 amide bonds. The minimum atomic E-state index is -2.58. The summed E-state index contributed by atoms with van der Waals surface area (Å²) < 4.78 is 62.1. The number of aliphatic hydroxyl groups is 4. The third-order valence-corrected chi connectivity index (χ3v) is 20.1. The Morgan fingerprint density at radius 3 is 1.60 bits per heavy atom. The van der Waals surface area contributed by atoms with E-state index in [1.807, 2.05) is 6.92 Å². The van der Waals surface area contributed by atoms with Gasteiger partial charge in [-0.05, 0) is 234 Å². The number of halogens is 2. The average Bonchev–Trinajstić information content (AvgIpc) is 3.85. The maximum Gasteiger partial charge on any atom is 0.126 e. The highest BCUT2D eigenvalue weighted by Crippen LogP contribution is 2.69. The molecule has 6 heteroatoms. The highest BCUT2D eigenvalue weighted by atomic mass is 19.1. The summed E-state index contributed by atoms with van der Waals surface area (Å²) in [5.74, 6) is 8.61. The minimum absolute atomic E-state index is 0. The van der Waals surface area contributed by atoms with Crippen molar-refractivity contribution in [3.05, 3.63) is 94.6 Å². The van der Waals surface area contributed by atoms with Gasteiger partial charge < -0.3 is 20.4 Å². The summed E-state index contributed by atoms with van der Waals surface area (Å²) in [6.07, 6.45) is 15.0. The van der Waals surface area contributed by atoms with Gasteiger partial charge in [0.25, 0.3) is 0 Å². The van der Waals surface area contributed by atoms with Crippen molar-refractivity contribution in [3.8, 4) is 11.8 Å². The maximum atomic E-state index is 13.5. The van der Waals surface area contributed by atoms with E-state index in [1.54, 1.807) is 12.1 Å². The number of benzene rings is 2. The van der Waals surface area contributed by atoms with Crippen LogP contribution in [0.5, 0.6) is 0 Å². The lowest BCUT2D eigenvalue weighted by Crippen LogP contribution is -2.53. The van der Waals surface area contributed by atoms with Crippen LogP contribution in [0.3, 0.4) is 0 Å². The molecule has 4 N–H and O–H groups in total. The van der Waals surface area contributed by atoms with Gasteiger partial charge >= 0.3 is 0 Å². The van der Waals surface area contributed by atoms with Crippen molar-refractivity contribution < 1.29 is 34.7 Å². The zero-order valence-corrected chi connectivity index (χ0v) is 39.4. The Morgan fingerprint density at radius 2 is 1.09 bits per heavy atom. The molecule has 0 aliphatic heterocycles. The Morgan fingerprint density at radius 1 is 0.631 bits per heavy atom. The lowest BCUT2D eigenvalue weighted by Gasteiger charge is -2.59. The zero-order valence-electron chi connectivity index (χ0n) is 43.4. The monoisotopic (exact) mass is 897 g/mol. The van der Waals surface area contributed by atoms with E-state index in [0.29, 0.717) is 41.9 Å². The van der Waals surface area contributed by atoms with Crippen molar-refractivity contribution in [3.63, 3.8) is 0 Å². The first-order valence-electron chi connectivity index (χ1n) is 27.0. The molecule has 8 aliphatic carbocycles. The van der Waals surface area contributed by atoms with Crippen molar-refractivity contribution in [2.24, 2.45) is 69.0 Å². The molecule has 0 saturated heterocycles. The molecule has 0 unspecified atom stereocenters. The van der Waals surface area contributed by atoms with Gasteiger partial charge in [0, 0.05) is 17.0 Å². The fraction of sp³-hybridized carbons (Fsp3) is 0.695. The Hall–Kier alpha value is -2.82. The Kier molecular flexibility index (Phi) is 12.0.